The topological polar surface area (TPSA) is 59.9 Å². The van der Waals surface area contributed by atoms with Crippen LogP contribution in [-0.2, 0) is 12.6 Å². The summed E-state index contributed by atoms with van der Waals surface area (Å²) < 4.78 is 72.2. The lowest BCUT2D eigenvalue weighted by Gasteiger charge is -2.12. The van der Waals surface area contributed by atoms with Crippen molar-refractivity contribution < 1.29 is 26.7 Å². The third kappa shape index (κ3) is 4.84. The molecule has 1 aromatic carbocycles. The molecule has 166 valence electrons. The van der Waals surface area contributed by atoms with Crippen LogP contribution >= 0.6 is 0 Å². The van der Waals surface area contributed by atoms with Crippen molar-refractivity contribution >= 4 is 17.5 Å². The molecule has 0 saturated carbocycles. The molecule has 1 N–H and O–H groups in total. The monoisotopic (exact) mass is 448 g/mol. The zero-order valence-electron chi connectivity index (χ0n) is 16.6. The Kier molecular flexibility index (Phi) is 6.02. The van der Waals surface area contributed by atoms with Crippen molar-refractivity contribution in [1.82, 2.24) is 15.0 Å². The Morgan fingerprint density at radius 1 is 0.969 bits per heavy atom. The number of ether oxygens (including phenoxy) is 1. The lowest BCUT2D eigenvalue weighted by atomic mass is 10.1. The Balaban J connectivity index is 1.45. The molecule has 0 amide bonds. The summed E-state index contributed by atoms with van der Waals surface area (Å²) in [5, 5.41) is 3.01. The molecule has 32 heavy (non-hydrogen) atoms. The van der Waals surface area contributed by atoms with Crippen molar-refractivity contribution in [3.05, 3.63) is 70.6 Å². The maximum absolute atomic E-state index is 14.2. The molecular weight excluding hydrogens is 431 g/mol. The van der Waals surface area contributed by atoms with E-state index in [0.717, 1.165) is 23.9 Å². The Labute approximate surface area is 179 Å². The molecule has 0 spiro atoms. The third-order valence-corrected chi connectivity index (χ3v) is 4.83. The highest BCUT2D eigenvalue weighted by atomic mass is 19.4. The Bertz CT molecular complexity index is 1260. The molecule has 0 fully saturated rings. The van der Waals surface area contributed by atoms with E-state index >= 15 is 0 Å². The first-order chi connectivity index (χ1) is 15.3. The number of halogens is 5. The van der Waals surface area contributed by atoms with Gasteiger partial charge in [0.1, 0.15) is 34.9 Å². The number of aromatic nitrogens is 3. The van der Waals surface area contributed by atoms with Gasteiger partial charge in [0, 0.05) is 31.6 Å². The van der Waals surface area contributed by atoms with E-state index < -0.39 is 23.4 Å². The normalized spacial score (nSPS) is 13.7. The third-order valence-electron chi connectivity index (χ3n) is 4.83. The summed E-state index contributed by atoms with van der Waals surface area (Å²) in [5.74, 6) is -0.576. The first kappa shape index (κ1) is 21.7. The van der Waals surface area contributed by atoms with Gasteiger partial charge >= 0.3 is 6.18 Å². The molecule has 2 aromatic heterocycles. The molecule has 0 radical (unpaired) electrons. The van der Waals surface area contributed by atoms with Crippen molar-refractivity contribution in [1.29, 1.82) is 0 Å². The number of alkyl halides is 3. The number of pyridine rings is 1. The molecule has 0 atom stereocenters. The predicted molar refractivity (Wildman–Crippen MR) is 107 cm³/mol. The summed E-state index contributed by atoms with van der Waals surface area (Å²) in [5.41, 5.74) is -0.0409. The largest absolute Gasteiger partial charge is 0.439 e. The smallest absolute Gasteiger partial charge is 0.416 e. The fourth-order valence-corrected chi connectivity index (χ4v) is 3.30. The first-order valence-electron chi connectivity index (χ1n) is 9.73. The molecule has 0 saturated heterocycles. The number of hydrogen-bond acceptors (Lipinski definition) is 5. The van der Waals surface area contributed by atoms with E-state index in [1.165, 1.54) is 6.33 Å². The van der Waals surface area contributed by atoms with Gasteiger partial charge in [0.15, 0.2) is 0 Å². The van der Waals surface area contributed by atoms with Gasteiger partial charge in [0.2, 0.25) is 5.88 Å². The molecule has 4 rings (SSSR count). The number of hydrogen-bond donors (Lipinski definition) is 1. The van der Waals surface area contributed by atoms with E-state index in [9.17, 15) is 22.0 Å². The number of benzene rings is 1. The fraction of sp³-hybridized carbons (Fsp3) is 0.227. The van der Waals surface area contributed by atoms with Gasteiger partial charge in [-0.15, -0.1) is 0 Å². The highest BCUT2D eigenvalue weighted by Gasteiger charge is 2.31. The van der Waals surface area contributed by atoms with E-state index in [0.29, 0.717) is 18.7 Å². The van der Waals surface area contributed by atoms with Crippen LogP contribution in [0.4, 0.5) is 27.8 Å². The van der Waals surface area contributed by atoms with E-state index in [-0.39, 0.29) is 35.1 Å². The van der Waals surface area contributed by atoms with E-state index in [1.54, 1.807) is 18.2 Å². The minimum absolute atomic E-state index is 0.0250. The van der Waals surface area contributed by atoms with E-state index in [4.69, 9.17) is 4.74 Å². The maximum Gasteiger partial charge on any atom is 0.416 e. The average Bonchev–Trinajstić information content (AvgIpc) is 2.76. The average molecular weight is 448 g/mol. The summed E-state index contributed by atoms with van der Waals surface area (Å²) >= 11 is 0. The second-order valence-corrected chi connectivity index (χ2v) is 7.06. The lowest BCUT2D eigenvalue weighted by Crippen LogP contribution is -2.37. The lowest BCUT2D eigenvalue weighted by molar-refractivity contribution is -0.137. The maximum atomic E-state index is 14.2. The van der Waals surface area contributed by atoms with Gasteiger partial charge in [-0.25, -0.2) is 23.7 Å². The highest BCUT2D eigenvalue weighted by Crippen LogP contribution is 2.31. The zero-order valence-corrected chi connectivity index (χ0v) is 16.6. The molecule has 10 heteroatoms. The van der Waals surface area contributed by atoms with Crippen LogP contribution in [0.25, 0.3) is 11.7 Å². The molecule has 1 aliphatic rings. The van der Waals surface area contributed by atoms with Gasteiger partial charge in [0.05, 0.1) is 10.8 Å². The van der Waals surface area contributed by atoms with E-state index in [2.05, 4.69) is 20.3 Å². The SMILES string of the molecule is FC1=c2ncnc(NCCc3cccc(Oc4cc(C(F)(F)F)ccn4)c3)c2=C(F)CC1. The quantitative estimate of drug-likeness (QED) is 0.571. The predicted octanol–water partition coefficient (Wildman–Crippen LogP) is 4.29. The number of nitrogens with zero attached hydrogens (tertiary/aromatic N) is 3. The van der Waals surface area contributed by atoms with Crippen molar-refractivity contribution in [2.45, 2.75) is 25.4 Å². The van der Waals surface area contributed by atoms with Crippen molar-refractivity contribution in [2.24, 2.45) is 0 Å². The molecule has 5 nitrogen and oxygen atoms in total. The van der Waals surface area contributed by atoms with Crippen molar-refractivity contribution in [3.8, 4) is 11.6 Å². The molecule has 3 aromatic rings. The molecule has 0 unspecified atom stereocenters. The summed E-state index contributed by atoms with van der Waals surface area (Å²) in [6, 6.07) is 8.46. The Morgan fingerprint density at radius 3 is 2.59 bits per heavy atom. The molecule has 1 aliphatic carbocycles. The van der Waals surface area contributed by atoms with Crippen LogP contribution in [0.1, 0.15) is 24.0 Å². The zero-order chi connectivity index (χ0) is 22.7. The number of rotatable bonds is 6. The Hall–Kier alpha value is -3.56. The van der Waals surface area contributed by atoms with Crippen LogP contribution in [0.15, 0.2) is 48.9 Å². The van der Waals surface area contributed by atoms with Crippen LogP contribution < -0.4 is 20.6 Å². The standard InChI is InChI=1S/C22H17F5N4O/c23-16-4-5-17(24)20-19(16)21(31-12-30-20)29-8-6-13-2-1-3-15(10-13)32-18-11-14(7-9-28-18)22(25,26)27/h1-3,7,9-12H,4-6,8H2,(H,29,30,31). The number of anilines is 1. The number of nitrogens with one attached hydrogen (secondary N) is 1. The fourth-order valence-electron chi connectivity index (χ4n) is 3.30. The summed E-state index contributed by atoms with van der Waals surface area (Å²) in [7, 11) is 0. The number of fused-ring (bicyclic) bond motifs is 1. The molecular formula is C22H17F5N4O. The summed E-state index contributed by atoms with van der Waals surface area (Å²) in [4.78, 5) is 11.7. The van der Waals surface area contributed by atoms with Crippen LogP contribution in [0.5, 0.6) is 11.6 Å². The minimum atomic E-state index is -4.49. The minimum Gasteiger partial charge on any atom is -0.439 e. The van der Waals surface area contributed by atoms with Crippen LogP contribution in [-0.4, -0.2) is 21.5 Å². The molecule has 0 aliphatic heterocycles. The van der Waals surface area contributed by atoms with Gasteiger partial charge in [-0.1, -0.05) is 12.1 Å². The van der Waals surface area contributed by atoms with E-state index in [1.807, 2.05) is 6.07 Å². The summed E-state index contributed by atoms with van der Waals surface area (Å²) in [6.45, 7) is 0.351. The van der Waals surface area contributed by atoms with Gasteiger partial charge < -0.3 is 10.1 Å². The van der Waals surface area contributed by atoms with Gasteiger partial charge in [-0.2, -0.15) is 13.2 Å². The second kappa shape index (κ2) is 8.89. The van der Waals surface area contributed by atoms with Crippen molar-refractivity contribution in [3.63, 3.8) is 0 Å². The highest BCUT2D eigenvalue weighted by molar-refractivity contribution is 5.55. The van der Waals surface area contributed by atoms with Gasteiger partial charge in [-0.3, -0.25) is 0 Å². The van der Waals surface area contributed by atoms with Crippen molar-refractivity contribution in [2.75, 3.05) is 11.9 Å². The van der Waals surface area contributed by atoms with Gasteiger partial charge in [-0.05, 0) is 30.2 Å². The van der Waals surface area contributed by atoms with Crippen LogP contribution in [0.3, 0.4) is 0 Å². The molecule has 2 heterocycles. The van der Waals surface area contributed by atoms with Gasteiger partial charge in [0.25, 0.3) is 0 Å². The molecule has 0 bridgehead atoms. The van der Waals surface area contributed by atoms with Crippen LogP contribution in [0, 0.1) is 0 Å². The first-order valence-corrected chi connectivity index (χ1v) is 9.73. The second-order valence-electron chi connectivity index (χ2n) is 7.06. The Morgan fingerprint density at radius 2 is 1.78 bits per heavy atom. The summed E-state index contributed by atoms with van der Waals surface area (Å²) in [6.07, 6.45) is -1.88. The van der Waals surface area contributed by atoms with Crippen LogP contribution in [0.2, 0.25) is 0 Å².